The lowest BCUT2D eigenvalue weighted by Gasteiger charge is -2.13. The molecular formula is C17H24N2. The van der Waals surface area contributed by atoms with Crippen LogP contribution in [0.15, 0.2) is 30.3 Å². The molecule has 1 fully saturated rings. The van der Waals surface area contributed by atoms with Crippen LogP contribution in [0.25, 0.3) is 0 Å². The first-order valence-corrected chi connectivity index (χ1v) is 7.02. The Kier molecular flexibility index (Phi) is 4.29. The zero-order valence-corrected chi connectivity index (χ0v) is 12.1. The lowest BCUT2D eigenvalue weighted by atomic mass is 9.97. The highest BCUT2D eigenvalue weighted by Crippen LogP contribution is 2.49. The maximum Gasteiger partial charge on any atom is 0.0354 e. The third kappa shape index (κ3) is 4.09. The van der Waals surface area contributed by atoms with E-state index in [0.29, 0.717) is 17.9 Å². The largest absolute Gasteiger partial charge is 0.271 e. The number of hydrogen-bond acceptors (Lipinski definition) is 2. The summed E-state index contributed by atoms with van der Waals surface area (Å²) in [5.41, 5.74) is 4.45. The molecule has 3 unspecified atom stereocenters. The van der Waals surface area contributed by atoms with Gasteiger partial charge in [-0.25, -0.2) is 0 Å². The number of benzene rings is 1. The number of hydrogen-bond donors (Lipinski definition) is 2. The quantitative estimate of drug-likeness (QED) is 0.493. The normalized spacial score (nSPS) is 23.4. The highest BCUT2D eigenvalue weighted by molar-refractivity contribution is 5.27. The van der Waals surface area contributed by atoms with Gasteiger partial charge in [0.2, 0.25) is 0 Å². The Morgan fingerprint density at radius 3 is 2.58 bits per heavy atom. The van der Waals surface area contributed by atoms with Gasteiger partial charge >= 0.3 is 0 Å². The number of nitrogens with two attached hydrogens (primary N) is 1. The summed E-state index contributed by atoms with van der Waals surface area (Å²) in [6.45, 7) is 6.40. The van der Waals surface area contributed by atoms with Crippen LogP contribution in [-0.4, -0.2) is 6.04 Å². The third-order valence-corrected chi connectivity index (χ3v) is 3.58. The van der Waals surface area contributed by atoms with Crippen molar-refractivity contribution in [2.75, 3.05) is 0 Å². The highest BCUT2D eigenvalue weighted by Gasteiger charge is 2.43. The molecule has 3 atom stereocenters. The van der Waals surface area contributed by atoms with E-state index in [1.807, 2.05) is 0 Å². The second-order valence-corrected chi connectivity index (χ2v) is 6.45. The molecule has 1 saturated carbocycles. The molecular weight excluding hydrogens is 232 g/mol. The van der Waals surface area contributed by atoms with Crippen LogP contribution in [0.5, 0.6) is 0 Å². The van der Waals surface area contributed by atoms with Crippen molar-refractivity contribution in [3.05, 3.63) is 35.9 Å². The van der Waals surface area contributed by atoms with E-state index < -0.39 is 0 Å². The fraction of sp³-hybridized carbons (Fsp3) is 0.529. The van der Waals surface area contributed by atoms with E-state index in [4.69, 9.17) is 5.84 Å². The average Bonchev–Trinajstić information content (AvgIpc) is 3.15. The SMILES string of the molecule is CC(C)(C)C#CCC(NN)C1CC1c1ccccc1. The average molecular weight is 256 g/mol. The Morgan fingerprint density at radius 1 is 1.32 bits per heavy atom. The second kappa shape index (κ2) is 5.77. The Bertz CT molecular complexity index is 462. The van der Waals surface area contributed by atoms with Crippen LogP contribution in [0.3, 0.4) is 0 Å². The second-order valence-electron chi connectivity index (χ2n) is 6.45. The minimum atomic E-state index is 0.0710. The van der Waals surface area contributed by atoms with Gasteiger partial charge in [0.1, 0.15) is 0 Å². The van der Waals surface area contributed by atoms with Gasteiger partial charge in [-0.3, -0.25) is 11.3 Å². The molecule has 3 N–H and O–H groups in total. The minimum absolute atomic E-state index is 0.0710. The summed E-state index contributed by atoms with van der Waals surface area (Å²) in [6, 6.07) is 11.0. The van der Waals surface area contributed by atoms with Crippen LogP contribution in [0.4, 0.5) is 0 Å². The van der Waals surface area contributed by atoms with Crippen molar-refractivity contribution in [1.82, 2.24) is 5.43 Å². The van der Waals surface area contributed by atoms with Gasteiger partial charge in [0.25, 0.3) is 0 Å². The molecule has 0 heterocycles. The number of nitrogens with one attached hydrogen (secondary N) is 1. The molecule has 1 aliphatic rings. The van der Waals surface area contributed by atoms with Gasteiger partial charge in [-0.15, -0.1) is 5.92 Å². The molecule has 1 aliphatic carbocycles. The van der Waals surface area contributed by atoms with Gasteiger partial charge in [-0.1, -0.05) is 36.3 Å². The maximum absolute atomic E-state index is 5.69. The molecule has 0 aromatic heterocycles. The van der Waals surface area contributed by atoms with Gasteiger partial charge in [0, 0.05) is 17.9 Å². The predicted octanol–water partition coefficient (Wildman–Crippen LogP) is 3.06. The summed E-state index contributed by atoms with van der Waals surface area (Å²) in [6.07, 6.45) is 2.05. The van der Waals surface area contributed by atoms with Crippen molar-refractivity contribution in [1.29, 1.82) is 0 Å². The van der Waals surface area contributed by atoms with E-state index in [9.17, 15) is 0 Å². The van der Waals surface area contributed by atoms with E-state index in [0.717, 1.165) is 6.42 Å². The Labute approximate surface area is 116 Å². The minimum Gasteiger partial charge on any atom is -0.271 e. The van der Waals surface area contributed by atoms with Crippen LogP contribution in [0, 0.1) is 23.2 Å². The molecule has 2 rings (SSSR count). The molecule has 1 aromatic carbocycles. The molecule has 0 saturated heterocycles. The van der Waals surface area contributed by atoms with E-state index >= 15 is 0 Å². The smallest absolute Gasteiger partial charge is 0.0354 e. The molecule has 2 heteroatoms. The molecule has 102 valence electrons. The fourth-order valence-corrected chi connectivity index (χ4v) is 2.50. The van der Waals surface area contributed by atoms with Gasteiger partial charge in [0.15, 0.2) is 0 Å². The van der Waals surface area contributed by atoms with Crippen molar-refractivity contribution in [3.63, 3.8) is 0 Å². The fourth-order valence-electron chi connectivity index (χ4n) is 2.50. The summed E-state index contributed by atoms with van der Waals surface area (Å²) >= 11 is 0. The van der Waals surface area contributed by atoms with Gasteiger partial charge in [0.05, 0.1) is 0 Å². The summed E-state index contributed by atoms with van der Waals surface area (Å²) in [7, 11) is 0. The molecule has 0 bridgehead atoms. The Morgan fingerprint density at radius 2 is 2.00 bits per heavy atom. The lowest BCUT2D eigenvalue weighted by molar-refractivity contribution is 0.475. The zero-order chi connectivity index (χ0) is 13.9. The van der Waals surface area contributed by atoms with Crippen molar-refractivity contribution in [3.8, 4) is 11.8 Å². The molecule has 19 heavy (non-hydrogen) atoms. The highest BCUT2D eigenvalue weighted by atomic mass is 15.2. The van der Waals surface area contributed by atoms with E-state index in [1.165, 1.54) is 12.0 Å². The summed E-state index contributed by atoms with van der Waals surface area (Å²) < 4.78 is 0. The maximum atomic E-state index is 5.69. The Hall–Kier alpha value is -1.30. The first-order chi connectivity index (χ1) is 9.01. The Balaban J connectivity index is 1.92. The van der Waals surface area contributed by atoms with Crippen molar-refractivity contribution in [2.45, 2.75) is 45.6 Å². The monoisotopic (exact) mass is 256 g/mol. The molecule has 2 nitrogen and oxygen atoms in total. The van der Waals surface area contributed by atoms with E-state index in [2.05, 4.69) is 68.4 Å². The summed E-state index contributed by atoms with van der Waals surface area (Å²) in [4.78, 5) is 0. The van der Waals surface area contributed by atoms with Crippen molar-refractivity contribution >= 4 is 0 Å². The molecule has 1 aromatic rings. The zero-order valence-electron chi connectivity index (χ0n) is 12.1. The van der Waals surface area contributed by atoms with E-state index in [1.54, 1.807) is 0 Å². The number of hydrazine groups is 1. The van der Waals surface area contributed by atoms with Gasteiger partial charge in [-0.05, 0) is 44.6 Å². The van der Waals surface area contributed by atoms with Crippen molar-refractivity contribution in [2.24, 2.45) is 17.2 Å². The topological polar surface area (TPSA) is 38.0 Å². The van der Waals surface area contributed by atoms with Crippen LogP contribution in [0.1, 0.15) is 45.1 Å². The predicted molar refractivity (Wildman–Crippen MR) is 80.2 cm³/mol. The number of rotatable bonds is 4. The van der Waals surface area contributed by atoms with Crippen LogP contribution < -0.4 is 11.3 Å². The lowest BCUT2D eigenvalue weighted by Crippen LogP contribution is -2.36. The molecule has 0 aliphatic heterocycles. The standard InChI is InChI=1S/C17H24N2/c1-17(2,3)11-7-10-16(19-18)15-12-14(15)13-8-5-4-6-9-13/h4-6,8-9,14-16,19H,10,12,18H2,1-3H3. The van der Waals surface area contributed by atoms with Gasteiger partial charge in [-0.2, -0.15) is 0 Å². The molecule has 0 amide bonds. The van der Waals surface area contributed by atoms with E-state index in [-0.39, 0.29) is 5.41 Å². The van der Waals surface area contributed by atoms with Crippen LogP contribution in [0.2, 0.25) is 0 Å². The van der Waals surface area contributed by atoms with Crippen molar-refractivity contribution < 1.29 is 0 Å². The first kappa shape index (κ1) is 14.1. The van der Waals surface area contributed by atoms with Gasteiger partial charge < -0.3 is 0 Å². The molecule has 0 radical (unpaired) electrons. The van der Waals surface area contributed by atoms with Crippen LogP contribution in [-0.2, 0) is 0 Å². The summed E-state index contributed by atoms with van der Waals surface area (Å²) in [5, 5.41) is 0. The van der Waals surface area contributed by atoms with Crippen LogP contribution >= 0.6 is 0 Å². The third-order valence-electron chi connectivity index (χ3n) is 3.58. The molecule has 0 spiro atoms. The first-order valence-electron chi connectivity index (χ1n) is 7.02. The summed E-state index contributed by atoms with van der Waals surface area (Å²) in [5.74, 6) is 13.5.